The molecule has 0 saturated heterocycles. The molecule has 1 aromatic heterocycles. The van der Waals surface area contributed by atoms with Gasteiger partial charge < -0.3 is 29.4 Å². The summed E-state index contributed by atoms with van der Waals surface area (Å²) in [5.74, 6) is 0.397. The van der Waals surface area contributed by atoms with Crippen LogP contribution in [0.4, 0.5) is 0 Å². The van der Waals surface area contributed by atoms with Crippen LogP contribution in [0.25, 0.3) is 22.1 Å². The van der Waals surface area contributed by atoms with Crippen LogP contribution in [0.15, 0.2) is 76.1 Å². The Morgan fingerprint density at radius 1 is 1.00 bits per heavy atom. The van der Waals surface area contributed by atoms with Crippen molar-refractivity contribution in [3.63, 3.8) is 0 Å². The summed E-state index contributed by atoms with van der Waals surface area (Å²) in [7, 11) is 1.55. The molecular formula is C26H23NO7. The molecule has 3 aromatic carbocycles. The number of fused-ring (bicyclic) bond motifs is 1. The van der Waals surface area contributed by atoms with Gasteiger partial charge in [-0.2, -0.15) is 0 Å². The van der Waals surface area contributed by atoms with Crippen LogP contribution in [0.1, 0.15) is 5.56 Å². The van der Waals surface area contributed by atoms with Crippen LogP contribution < -0.4 is 20.2 Å². The molecule has 8 nitrogen and oxygen atoms in total. The molecule has 1 amide bonds. The van der Waals surface area contributed by atoms with Gasteiger partial charge in [0.25, 0.3) is 5.91 Å². The zero-order valence-electron chi connectivity index (χ0n) is 18.4. The number of carbonyl (C=O) groups is 1. The Bertz CT molecular complexity index is 1360. The lowest BCUT2D eigenvalue weighted by molar-refractivity contribution is -0.123. The summed E-state index contributed by atoms with van der Waals surface area (Å²) < 4.78 is 16.2. The quantitative estimate of drug-likeness (QED) is 0.367. The van der Waals surface area contributed by atoms with Crippen molar-refractivity contribution in [3.8, 4) is 34.1 Å². The van der Waals surface area contributed by atoms with Crippen molar-refractivity contribution in [1.29, 1.82) is 0 Å². The minimum absolute atomic E-state index is 0.0269. The van der Waals surface area contributed by atoms with Gasteiger partial charge in [-0.1, -0.05) is 24.3 Å². The lowest BCUT2D eigenvalue weighted by Gasteiger charge is -2.10. The van der Waals surface area contributed by atoms with E-state index in [-0.39, 0.29) is 46.2 Å². The van der Waals surface area contributed by atoms with E-state index in [1.54, 1.807) is 55.6 Å². The maximum atomic E-state index is 13.0. The van der Waals surface area contributed by atoms with Crippen molar-refractivity contribution in [2.24, 2.45) is 0 Å². The Kier molecular flexibility index (Phi) is 6.68. The van der Waals surface area contributed by atoms with Crippen LogP contribution in [0.5, 0.6) is 23.0 Å². The third-order valence-electron chi connectivity index (χ3n) is 5.27. The van der Waals surface area contributed by atoms with E-state index in [0.717, 1.165) is 5.56 Å². The van der Waals surface area contributed by atoms with Gasteiger partial charge in [0.15, 0.2) is 6.61 Å². The van der Waals surface area contributed by atoms with Crippen molar-refractivity contribution in [2.75, 3.05) is 20.3 Å². The van der Waals surface area contributed by atoms with E-state index in [1.807, 2.05) is 0 Å². The second-order valence-electron chi connectivity index (χ2n) is 7.58. The zero-order chi connectivity index (χ0) is 24.1. The number of hydrogen-bond acceptors (Lipinski definition) is 7. The van der Waals surface area contributed by atoms with Crippen molar-refractivity contribution >= 4 is 16.9 Å². The number of hydrogen-bond donors (Lipinski definition) is 3. The Labute approximate surface area is 195 Å². The molecule has 0 bridgehead atoms. The number of ether oxygens (including phenoxy) is 2. The zero-order valence-corrected chi connectivity index (χ0v) is 18.4. The first-order valence-corrected chi connectivity index (χ1v) is 10.5. The summed E-state index contributed by atoms with van der Waals surface area (Å²) in [6.45, 7) is 0.133. The molecule has 0 atom stereocenters. The Balaban J connectivity index is 1.42. The lowest BCUT2D eigenvalue weighted by atomic mass is 10.0. The average Bonchev–Trinajstić information content (AvgIpc) is 2.84. The summed E-state index contributed by atoms with van der Waals surface area (Å²) in [6.07, 6.45) is 1.93. The molecule has 0 fully saturated rings. The van der Waals surface area contributed by atoms with E-state index in [2.05, 4.69) is 5.32 Å². The van der Waals surface area contributed by atoms with Gasteiger partial charge in [0, 0.05) is 18.7 Å². The van der Waals surface area contributed by atoms with Crippen molar-refractivity contribution < 1.29 is 28.9 Å². The van der Waals surface area contributed by atoms with Crippen molar-refractivity contribution in [3.05, 3.63) is 82.7 Å². The maximum Gasteiger partial charge on any atom is 0.257 e. The van der Waals surface area contributed by atoms with E-state index in [0.29, 0.717) is 29.8 Å². The standard InChI is InChI=1S/C26H23NO7/c1-32-19-8-4-17(5-9-19)21-14-34-23-13-20(12-22(29)25(23)26(21)31)33-15-24(30)27-11-10-16-2-6-18(28)7-3-16/h2-9,12-14,28-29H,10-11,15H2,1H3,(H,27,30). The number of methoxy groups -OCH3 is 1. The van der Waals surface area contributed by atoms with E-state index < -0.39 is 0 Å². The van der Waals surface area contributed by atoms with Crippen LogP contribution >= 0.6 is 0 Å². The van der Waals surface area contributed by atoms with Gasteiger partial charge >= 0.3 is 0 Å². The number of rotatable bonds is 8. The summed E-state index contributed by atoms with van der Waals surface area (Å²) >= 11 is 0. The van der Waals surface area contributed by atoms with Crippen molar-refractivity contribution in [2.45, 2.75) is 6.42 Å². The van der Waals surface area contributed by atoms with Gasteiger partial charge in [0.05, 0.1) is 12.7 Å². The number of nitrogens with one attached hydrogen (secondary N) is 1. The molecule has 0 spiro atoms. The molecule has 174 valence electrons. The summed E-state index contributed by atoms with van der Waals surface area (Å²) in [4.78, 5) is 25.1. The number of phenols is 2. The molecule has 0 aliphatic rings. The second kappa shape index (κ2) is 9.99. The molecule has 0 saturated carbocycles. The number of phenolic OH excluding ortho intramolecular Hbond substituents is 2. The number of carbonyl (C=O) groups excluding carboxylic acids is 1. The number of benzene rings is 3. The number of amides is 1. The van der Waals surface area contributed by atoms with Gasteiger partial charge in [0.1, 0.15) is 40.2 Å². The monoisotopic (exact) mass is 461 g/mol. The minimum Gasteiger partial charge on any atom is -0.508 e. The third-order valence-corrected chi connectivity index (χ3v) is 5.27. The molecule has 34 heavy (non-hydrogen) atoms. The molecule has 1 heterocycles. The van der Waals surface area contributed by atoms with Gasteiger partial charge in [-0.3, -0.25) is 9.59 Å². The summed E-state index contributed by atoms with van der Waals surface area (Å²) in [5, 5.41) is 22.5. The highest BCUT2D eigenvalue weighted by Crippen LogP contribution is 2.30. The van der Waals surface area contributed by atoms with Crippen LogP contribution in [0.2, 0.25) is 0 Å². The molecular weight excluding hydrogens is 438 g/mol. The van der Waals surface area contributed by atoms with Crippen LogP contribution in [-0.4, -0.2) is 36.4 Å². The van der Waals surface area contributed by atoms with E-state index in [4.69, 9.17) is 13.9 Å². The predicted octanol–water partition coefficient (Wildman–Crippen LogP) is 3.62. The smallest absolute Gasteiger partial charge is 0.257 e. The molecule has 0 radical (unpaired) electrons. The SMILES string of the molecule is COc1ccc(-c2coc3cc(OCC(=O)NCCc4ccc(O)cc4)cc(O)c3c2=O)cc1. The maximum absolute atomic E-state index is 13.0. The molecule has 8 heteroatoms. The van der Waals surface area contributed by atoms with Gasteiger partial charge in [0.2, 0.25) is 5.43 Å². The van der Waals surface area contributed by atoms with Gasteiger partial charge in [-0.05, 0) is 41.8 Å². The minimum atomic E-state index is -0.387. The van der Waals surface area contributed by atoms with Gasteiger partial charge in [-0.25, -0.2) is 0 Å². The molecule has 0 unspecified atom stereocenters. The largest absolute Gasteiger partial charge is 0.508 e. The first-order chi connectivity index (χ1) is 16.4. The summed E-state index contributed by atoms with van der Waals surface area (Å²) in [6, 6.07) is 16.4. The first-order valence-electron chi connectivity index (χ1n) is 10.5. The summed E-state index contributed by atoms with van der Waals surface area (Å²) in [5.41, 5.74) is 1.65. The Morgan fingerprint density at radius 3 is 2.44 bits per heavy atom. The van der Waals surface area contributed by atoms with Crippen LogP contribution in [-0.2, 0) is 11.2 Å². The van der Waals surface area contributed by atoms with Gasteiger partial charge in [-0.15, -0.1) is 0 Å². The molecule has 0 aliphatic carbocycles. The third kappa shape index (κ3) is 5.12. The van der Waals surface area contributed by atoms with E-state index >= 15 is 0 Å². The van der Waals surface area contributed by atoms with E-state index in [9.17, 15) is 19.8 Å². The highest BCUT2D eigenvalue weighted by Gasteiger charge is 2.15. The van der Waals surface area contributed by atoms with E-state index in [1.165, 1.54) is 18.4 Å². The molecule has 0 aliphatic heterocycles. The Hall–Kier alpha value is -4.46. The van der Waals surface area contributed by atoms with Crippen LogP contribution in [0.3, 0.4) is 0 Å². The van der Waals surface area contributed by atoms with Crippen molar-refractivity contribution in [1.82, 2.24) is 5.32 Å². The topological polar surface area (TPSA) is 118 Å². The second-order valence-corrected chi connectivity index (χ2v) is 7.58. The fourth-order valence-corrected chi connectivity index (χ4v) is 3.47. The highest BCUT2D eigenvalue weighted by molar-refractivity contribution is 5.88. The normalized spacial score (nSPS) is 10.7. The molecule has 4 aromatic rings. The predicted molar refractivity (Wildman–Crippen MR) is 126 cm³/mol. The van der Waals surface area contributed by atoms with Crippen LogP contribution in [0, 0.1) is 0 Å². The Morgan fingerprint density at radius 2 is 1.74 bits per heavy atom. The molecule has 4 rings (SSSR count). The highest BCUT2D eigenvalue weighted by atomic mass is 16.5. The molecule has 3 N–H and O–H groups in total. The first kappa shape index (κ1) is 22.7. The lowest BCUT2D eigenvalue weighted by Crippen LogP contribution is -2.30. The average molecular weight is 461 g/mol. The fraction of sp³-hybridized carbons (Fsp3) is 0.154. The number of aromatic hydroxyl groups is 2. The fourth-order valence-electron chi connectivity index (χ4n) is 3.47.